The van der Waals surface area contributed by atoms with Crippen LogP contribution in [0.25, 0.3) is 0 Å². The number of rotatable bonds is 2. The van der Waals surface area contributed by atoms with Crippen molar-refractivity contribution in [3.63, 3.8) is 0 Å². The number of nitrogens with zero attached hydrogens (tertiary/aromatic N) is 3. The van der Waals surface area contributed by atoms with Gasteiger partial charge >= 0.3 is 0 Å². The van der Waals surface area contributed by atoms with E-state index in [1.54, 1.807) is 6.07 Å². The smallest absolute Gasteiger partial charge is 0.154 e. The quantitative estimate of drug-likeness (QED) is 0.831. The van der Waals surface area contributed by atoms with E-state index in [1.807, 2.05) is 30.3 Å². The molecule has 0 atom stereocenters. The molecule has 0 spiro atoms. The zero-order valence-electron chi connectivity index (χ0n) is 8.84. The van der Waals surface area contributed by atoms with Crippen molar-refractivity contribution < 1.29 is 0 Å². The van der Waals surface area contributed by atoms with E-state index in [0.29, 0.717) is 16.0 Å². The number of hydrogen-bond acceptors (Lipinski definition) is 5. The van der Waals surface area contributed by atoms with Gasteiger partial charge in [-0.2, -0.15) is 5.11 Å². The van der Waals surface area contributed by atoms with E-state index in [9.17, 15) is 0 Å². The molecule has 1 aromatic heterocycles. The molecule has 0 bridgehead atoms. The number of aromatic nitrogens is 1. The van der Waals surface area contributed by atoms with Crippen LogP contribution in [-0.4, -0.2) is 4.98 Å². The Morgan fingerprint density at radius 1 is 1.06 bits per heavy atom. The van der Waals surface area contributed by atoms with Crippen molar-refractivity contribution in [1.29, 1.82) is 0 Å². The molecule has 0 amide bonds. The van der Waals surface area contributed by atoms with E-state index < -0.39 is 0 Å². The van der Waals surface area contributed by atoms with Gasteiger partial charge in [-0.3, -0.25) is 0 Å². The summed E-state index contributed by atoms with van der Waals surface area (Å²) in [5.41, 5.74) is 12.5. The Labute approximate surface area is 107 Å². The molecule has 2 rings (SSSR count). The minimum Gasteiger partial charge on any atom is -0.384 e. The summed E-state index contributed by atoms with van der Waals surface area (Å²) in [6.45, 7) is 0. The van der Waals surface area contributed by atoms with Crippen molar-refractivity contribution in [1.82, 2.24) is 4.98 Å². The highest BCUT2D eigenvalue weighted by Gasteiger charge is 2.06. The van der Waals surface area contributed by atoms with Gasteiger partial charge in [0.1, 0.15) is 11.5 Å². The van der Waals surface area contributed by atoms with Crippen LogP contribution in [0.3, 0.4) is 0 Å². The van der Waals surface area contributed by atoms with E-state index >= 15 is 0 Å². The standard InChI is InChI=1S/C11H10BrN5/c12-8-6-9(13)15-11(14)10(8)17-16-7-4-2-1-3-5-7/h1-6H,(H4,13,14,15)/b17-16+. The molecule has 0 saturated carbocycles. The Balaban J connectivity index is 2.34. The van der Waals surface area contributed by atoms with E-state index in [0.717, 1.165) is 5.69 Å². The average Bonchev–Trinajstić information content (AvgIpc) is 2.29. The molecule has 1 aromatic carbocycles. The Kier molecular flexibility index (Phi) is 3.34. The van der Waals surface area contributed by atoms with Crippen LogP contribution in [0.1, 0.15) is 0 Å². The summed E-state index contributed by atoms with van der Waals surface area (Å²) in [4.78, 5) is 3.92. The third-order valence-corrected chi connectivity index (χ3v) is 2.62. The van der Waals surface area contributed by atoms with Crippen molar-refractivity contribution >= 4 is 38.9 Å². The lowest BCUT2D eigenvalue weighted by Crippen LogP contribution is -1.96. The zero-order valence-corrected chi connectivity index (χ0v) is 10.4. The lowest BCUT2D eigenvalue weighted by atomic mass is 10.3. The Bertz CT molecular complexity index is 530. The first-order valence-corrected chi connectivity index (χ1v) is 5.64. The monoisotopic (exact) mass is 291 g/mol. The summed E-state index contributed by atoms with van der Waals surface area (Å²) in [5, 5.41) is 8.11. The molecule has 17 heavy (non-hydrogen) atoms. The highest BCUT2D eigenvalue weighted by Crippen LogP contribution is 2.32. The van der Waals surface area contributed by atoms with Gasteiger partial charge in [0.25, 0.3) is 0 Å². The Morgan fingerprint density at radius 2 is 1.76 bits per heavy atom. The van der Waals surface area contributed by atoms with Gasteiger partial charge in [-0.1, -0.05) is 18.2 Å². The van der Waals surface area contributed by atoms with Gasteiger partial charge in [0, 0.05) is 0 Å². The lowest BCUT2D eigenvalue weighted by molar-refractivity contribution is 1.20. The molecular formula is C11H10BrN5. The average molecular weight is 292 g/mol. The largest absolute Gasteiger partial charge is 0.384 e. The van der Waals surface area contributed by atoms with Crippen molar-refractivity contribution in [3.8, 4) is 0 Å². The normalized spacial score (nSPS) is 10.9. The minimum absolute atomic E-state index is 0.247. The number of hydrogen-bond donors (Lipinski definition) is 2. The first-order chi connectivity index (χ1) is 8.16. The predicted octanol–water partition coefficient (Wildman–Crippen LogP) is 3.42. The second kappa shape index (κ2) is 4.92. The number of nitrogen functional groups attached to an aromatic ring is 2. The van der Waals surface area contributed by atoms with Gasteiger partial charge in [0.2, 0.25) is 0 Å². The number of anilines is 2. The van der Waals surface area contributed by atoms with Gasteiger partial charge in [-0.15, -0.1) is 5.11 Å². The van der Waals surface area contributed by atoms with E-state index in [2.05, 4.69) is 31.1 Å². The van der Waals surface area contributed by atoms with Gasteiger partial charge in [-0.25, -0.2) is 4.98 Å². The van der Waals surface area contributed by atoms with Crippen LogP contribution in [0.2, 0.25) is 0 Å². The second-order valence-electron chi connectivity index (χ2n) is 3.30. The maximum atomic E-state index is 5.71. The fourth-order valence-electron chi connectivity index (χ4n) is 1.25. The molecule has 5 nitrogen and oxygen atoms in total. The number of nitrogens with two attached hydrogens (primary N) is 2. The molecule has 2 aromatic rings. The highest BCUT2D eigenvalue weighted by atomic mass is 79.9. The molecule has 0 aliphatic heterocycles. The van der Waals surface area contributed by atoms with E-state index in [1.165, 1.54) is 0 Å². The van der Waals surface area contributed by atoms with Crippen LogP contribution >= 0.6 is 15.9 Å². The van der Waals surface area contributed by atoms with Crippen LogP contribution < -0.4 is 11.5 Å². The maximum Gasteiger partial charge on any atom is 0.154 e. The third kappa shape index (κ3) is 2.79. The third-order valence-electron chi connectivity index (χ3n) is 2.01. The fourth-order valence-corrected chi connectivity index (χ4v) is 1.76. The van der Waals surface area contributed by atoms with Crippen LogP contribution in [-0.2, 0) is 0 Å². The summed E-state index contributed by atoms with van der Waals surface area (Å²) in [6.07, 6.45) is 0. The van der Waals surface area contributed by atoms with Crippen LogP contribution in [0, 0.1) is 0 Å². The van der Waals surface area contributed by atoms with Crippen molar-refractivity contribution in [2.45, 2.75) is 0 Å². The van der Waals surface area contributed by atoms with Crippen LogP contribution in [0.5, 0.6) is 0 Å². The highest BCUT2D eigenvalue weighted by molar-refractivity contribution is 9.10. The molecule has 4 N–H and O–H groups in total. The summed E-state index contributed by atoms with van der Waals surface area (Å²) < 4.78 is 0.669. The first kappa shape index (κ1) is 11.5. The zero-order chi connectivity index (χ0) is 12.3. The topological polar surface area (TPSA) is 89.6 Å². The Hall–Kier alpha value is -1.95. The van der Waals surface area contributed by atoms with Gasteiger partial charge in [0.05, 0.1) is 10.2 Å². The molecule has 86 valence electrons. The SMILES string of the molecule is Nc1cc(Br)c(/N=N/c2ccccc2)c(N)n1. The molecule has 0 aliphatic carbocycles. The number of pyridine rings is 1. The lowest BCUT2D eigenvalue weighted by Gasteiger charge is -2.02. The molecule has 1 heterocycles. The molecule has 0 fully saturated rings. The fraction of sp³-hybridized carbons (Fsp3) is 0. The number of halogens is 1. The van der Waals surface area contributed by atoms with Crippen LogP contribution in [0.15, 0.2) is 51.1 Å². The number of azo groups is 1. The molecule has 6 heteroatoms. The van der Waals surface area contributed by atoms with E-state index in [4.69, 9.17) is 11.5 Å². The summed E-state index contributed by atoms with van der Waals surface area (Å²) >= 11 is 3.32. The number of benzene rings is 1. The van der Waals surface area contributed by atoms with Crippen molar-refractivity contribution in [3.05, 3.63) is 40.9 Å². The van der Waals surface area contributed by atoms with Crippen molar-refractivity contribution in [2.24, 2.45) is 10.2 Å². The summed E-state index contributed by atoms with van der Waals surface area (Å²) in [6, 6.07) is 11.0. The first-order valence-electron chi connectivity index (χ1n) is 4.85. The van der Waals surface area contributed by atoms with Gasteiger partial charge < -0.3 is 11.5 Å². The molecule has 0 saturated heterocycles. The molecule has 0 aliphatic rings. The second-order valence-corrected chi connectivity index (χ2v) is 4.15. The molecule has 0 radical (unpaired) electrons. The minimum atomic E-state index is 0.247. The van der Waals surface area contributed by atoms with Gasteiger partial charge in [-0.05, 0) is 34.1 Å². The molecular weight excluding hydrogens is 282 g/mol. The maximum absolute atomic E-state index is 5.71. The van der Waals surface area contributed by atoms with Gasteiger partial charge in [0.15, 0.2) is 5.82 Å². The predicted molar refractivity (Wildman–Crippen MR) is 71.4 cm³/mol. The summed E-state index contributed by atoms with van der Waals surface area (Å²) in [5.74, 6) is 0.588. The summed E-state index contributed by atoms with van der Waals surface area (Å²) in [7, 11) is 0. The van der Waals surface area contributed by atoms with Crippen LogP contribution in [0.4, 0.5) is 23.0 Å². The molecule has 0 unspecified atom stereocenters. The van der Waals surface area contributed by atoms with Crippen molar-refractivity contribution in [2.75, 3.05) is 11.5 Å². The Morgan fingerprint density at radius 3 is 2.41 bits per heavy atom. The van der Waals surface area contributed by atoms with E-state index in [-0.39, 0.29) is 5.82 Å².